The second kappa shape index (κ2) is 6.06. The maximum absolute atomic E-state index is 5.88. The predicted molar refractivity (Wildman–Crippen MR) is 86.2 cm³/mol. The van der Waals surface area contributed by atoms with E-state index in [4.69, 9.17) is 11.6 Å². The molecule has 0 saturated heterocycles. The second-order valence-corrected chi connectivity index (χ2v) is 7.39. The molecule has 0 aliphatic heterocycles. The summed E-state index contributed by atoms with van der Waals surface area (Å²) in [6.45, 7) is 0.760. The molecular formula is C11H7Br3ClNS. The third-order valence-corrected chi connectivity index (χ3v) is 5.06. The molecule has 6 heteroatoms. The lowest BCUT2D eigenvalue weighted by molar-refractivity contribution is 1.18. The molecule has 0 saturated carbocycles. The Hall–Kier alpha value is 0.450. The van der Waals surface area contributed by atoms with Crippen molar-refractivity contribution in [1.29, 1.82) is 0 Å². The Morgan fingerprint density at radius 3 is 2.29 bits per heavy atom. The van der Waals surface area contributed by atoms with E-state index in [-0.39, 0.29) is 0 Å². The number of halogens is 4. The van der Waals surface area contributed by atoms with Gasteiger partial charge < -0.3 is 5.32 Å². The average molecular weight is 460 g/mol. The Bertz CT molecular complexity index is 518. The van der Waals surface area contributed by atoms with Gasteiger partial charge in [0.1, 0.15) is 0 Å². The van der Waals surface area contributed by atoms with E-state index in [0.29, 0.717) is 0 Å². The Morgan fingerprint density at radius 2 is 1.76 bits per heavy atom. The second-order valence-electron chi connectivity index (χ2n) is 3.33. The van der Waals surface area contributed by atoms with Gasteiger partial charge in [-0.2, -0.15) is 0 Å². The van der Waals surface area contributed by atoms with Crippen molar-refractivity contribution in [2.75, 3.05) is 5.32 Å². The van der Waals surface area contributed by atoms with Crippen LogP contribution in [0, 0.1) is 0 Å². The Kier molecular flexibility index (Phi) is 4.95. The monoisotopic (exact) mass is 457 g/mol. The van der Waals surface area contributed by atoms with Crippen molar-refractivity contribution in [2.24, 2.45) is 0 Å². The molecule has 2 rings (SSSR count). The maximum atomic E-state index is 5.88. The third kappa shape index (κ3) is 3.70. The number of hydrogen-bond acceptors (Lipinski definition) is 2. The van der Waals surface area contributed by atoms with E-state index in [1.165, 1.54) is 4.88 Å². The van der Waals surface area contributed by atoms with Crippen molar-refractivity contribution in [3.63, 3.8) is 0 Å². The van der Waals surface area contributed by atoms with Crippen molar-refractivity contribution >= 4 is 76.4 Å². The summed E-state index contributed by atoms with van der Waals surface area (Å²) in [5, 5.41) is 6.10. The molecule has 0 aliphatic carbocycles. The number of anilines is 1. The molecule has 1 aromatic heterocycles. The van der Waals surface area contributed by atoms with Gasteiger partial charge in [0.05, 0.1) is 10.7 Å². The third-order valence-electron chi connectivity index (χ3n) is 2.07. The fraction of sp³-hybridized carbons (Fsp3) is 0.0909. The van der Waals surface area contributed by atoms with E-state index < -0.39 is 0 Å². The van der Waals surface area contributed by atoms with Gasteiger partial charge in [-0.05, 0) is 50.1 Å². The van der Waals surface area contributed by atoms with Crippen LogP contribution in [0.4, 0.5) is 5.69 Å². The summed E-state index contributed by atoms with van der Waals surface area (Å²) in [5.41, 5.74) is 1.04. The molecular weight excluding hydrogens is 453 g/mol. The molecule has 1 heterocycles. The Labute approximate surface area is 134 Å². The Balaban J connectivity index is 2.14. The number of benzene rings is 1. The quantitative estimate of drug-likeness (QED) is 0.567. The fourth-order valence-electron chi connectivity index (χ4n) is 1.33. The fourth-order valence-corrected chi connectivity index (χ4v) is 4.88. The van der Waals surface area contributed by atoms with Crippen LogP contribution in [-0.4, -0.2) is 0 Å². The molecule has 2 aromatic rings. The molecule has 90 valence electrons. The Morgan fingerprint density at radius 1 is 1.12 bits per heavy atom. The number of nitrogens with one attached hydrogen (secondary N) is 1. The van der Waals surface area contributed by atoms with Crippen molar-refractivity contribution in [3.05, 3.63) is 46.9 Å². The molecule has 0 atom stereocenters. The van der Waals surface area contributed by atoms with Crippen LogP contribution >= 0.6 is 70.7 Å². The smallest absolute Gasteiger partial charge is 0.0632 e. The van der Waals surface area contributed by atoms with Crippen LogP contribution in [0.3, 0.4) is 0 Å². The summed E-state index contributed by atoms with van der Waals surface area (Å²) in [4.78, 5) is 1.21. The van der Waals surface area contributed by atoms with Gasteiger partial charge in [-0.3, -0.25) is 0 Å². The van der Waals surface area contributed by atoms with Crippen molar-refractivity contribution < 1.29 is 0 Å². The molecule has 0 bridgehead atoms. The van der Waals surface area contributed by atoms with Crippen LogP contribution in [0.25, 0.3) is 0 Å². The SMILES string of the molecule is Clc1csc(CNc2c(Br)cc(Br)cc2Br)c1. The van der Waals surface area contributed by atoms with E-state index in [1.807, 2.05) is 23.6 Å². The minimum absolute atomic E-state index is 0.760. The minimum Gasteiger partial charge on any atom is -0.378 e. The van der Waals surface area contributed by atoms with Crippen LogP contribution in [0.2, 0.25) is 5.02 Å². The highest BCUT2D eigenvalue weighted by molar-refractivity contribution is 9.11. The van der Waals surface area contributed by atoms with E-state index in [2.05, 4.69) is 53.1 Å². The predicted octanol–water partition coefficient (Wildman–Crippen LogP) is 6.30. The molecule has 0 spiro atoms. The van der Waals surface area contributed by atoms with Crippen LogP contribution in [0.1, 0.15) is 4.88 Å². The molecule has 0 amide bonds. The first-order valence-electron chi connectivity index (χ1n) is 4.67. The molecule has 0 unspecified atom stereocenters. The maximum Gasteiger partial charge on any atom is 0.0632 e. The van der Waals surface area contributed by atoms with Crippen molar-refractivity contribution in [1.82, 2.24) is 0 Å². The standard InChI is InChI=1S/C11H7Br3ClNS/c12-6-1-9(13)11(10(14)2-6)16-4-8-3-7(15)5-17-8/h1-3,5,16H,4H2. The first-order chi connectivity index (χ1) is 8.06. The molecule has 0 aliphatic rings. The van der Waals surface area contributed by atoms with Crippen LogP contribution in [0.5, 0.6) is 0 Å². The topological polar surface area (TPSA) is 12.0 Å². The van der Waals surface area contributed by atoms with Gasteiger partial charge in [0.2, 0.25) is 0 Å². The van der Waals surface area contributed by atoms with Crippen molar-refractivity contribution in [2.45, 2.75) is 6.54 Å². The largest absolute Gasteiger partial charge is 0.378 e. The highest BCUT2D eigenvalue weighted by atomic mass is 79.9. The van der Waals surface area contributed by atoms with Gasteiger partial charge >= 0.3 is 0 Å². The van der Waals surface area contributed by atoms with Gasteiger partial charge in [0, 0.05) is 30.2 Å². The summed E-state index contributed by atoms with van der Waals surface area (Å²) in [6.07, 6.45) is 0. The van der Waals surface area contributed by atoms with Gasteiger partial charge in [0.15, 0.2) is 0 Å². The summed E-state index contributed by atoms with van der Waals surface area (Å²) < 4.78 is 3.06. The lowest BCUT2D eigenvalue weighted by Gasteiger charge is -2.10. The molecule has 1 N–H and O–H groups in total. The molecule has 1 aromatic carbocycles. The normalized spacial score (nSPS) is 10.6. The first kappa shape index (κ1) is 13.9. The molecule has 17 heavy (non-hydrogen) atoms. The molecule has 1 nitrogen and oxygen atoms in total. The van der Waals surface area contributed by atoms with E-state index in [0.717, 1.165) is 30.7 Å². The van der Waals surface area contributed by atoms with Crippen LogP contribution in [0.15, 0.2) is 37.0 Å². The van der Waals surface area contributed by atoms with Gasteiger partial charge in [-0.25, -0.2) is 0 Å². The van der Waals surface area contributed by atoms with Gasteiger partial charge in [-0.1, -0.05) is 27.5 Å². The van der Waals surface area contributed by atoms with Crippen LogP contribution in [-0.2, 0) is 6.54 Å². The van der Waals surface area contributed by atoms with Crippen LogP contribution < -0.4 is 5.32 Å². The van der Waals surface area contributed by atoms with Gasteiger partial charge in [-0.15, -0.1) is 11.3 Å². The summed E-state index contributed by atoms with van der Waals surface area (Å²) in [6, 6.07) is 5.99. The molecule has 0 fully saturated rings. The summed E-state index contributed by atoms with van der Waals surface area (Å²) in [5.74, 6) is 0. The zero-order valence-electron chi connectivity index (χ0n) is 8.44. The lowest BCUT2D eigenvalue weighted by atomic mass is 10.3. The number of hydrogen-bond donors (Lipinski definition) is 1. The van der Waals surface area contributed by atoms with Crippen molar-refractivity contribution in [3.8, 4) is 0 Å². The minimum atomic E-state index is 0.760. The lowest BCUT2D eigenvalue weighted by Crippen LogP contribution is -1.99. The highest BCUT2D eigenvalue weighted by Crippen LogP contribution is 2.35. The average Bonchev–Trinajstić information content (AvgIpc) is 2.62. The number of thiophene rings is 1. The van der Waals surface area contributed by atoms with E-state index in [9.17, 15) is 0 Å². The van der Waals surface area contributed by atoms with E-state index in [1.54, 1.807) is 11.3 Å². The van der Waals surface area contributed by atoms with E-state index >= 15 is 0 Å². The summed E-state index contributed by atoms with van der Waals surface area (Å²) >= 11 is 18.0. The first-order valence-corrected chi connectivity index (χ1v) is 8.31. The summed E-state index contributed by atoms with van der Waals surface area (Å²) in [7, 11) is 0. The molecule has 0 radical (unpaired) electrons. The highest BCUT2D eigenvalue weighted by Gasteiger charge is 2.07. The zero-order chi connectivity index (χ0) is 12.4. The number of rotatable bonds is 3. The van der Waals surface area contributed by atoms with Gasteiger partial charge in [0.25, 0.3) is 0 Å². The zero-order valence-corrected chi connectivity index (χ0v) is 14.8.